The fourth-order valence-electron chi connectivity index (χ4n) is 4.00. The number of carbonyl (C=O) groups excluding carboxylic acids is 1. The summed E-state index contributed by atoms with van der Waals surface area (Å²) in [6, 6.07) is 22.4. The molecule has 0 fully saturated rings. The summed E-state index contributed by atoms with van der Waals surface area (Å²) in [6.07, 6.45) is 0.844. The summed E-state index contributed by atoms with van der Waals surface area (Å²) in [5.41, 5.74) is 6.58. The standard InChI is InChI=1S/C25H26N2O2/c1-17-8-11-20(12-9-17)24-21-7-5-4-6-19(21)14-15-27(24)25(28)26-22-16-18(2)10-13-23(22)29-3/h4-13,16,24H,14-15H2,1-3H3,(H,26,28)/t24-/m1/s1. The zero-order chi connectivity index (χ0) is 20.4. The highest BCUT2D eigenvalue weighted by Gasteiger charge is 2.32. The van der Waals surface area contributed by atoms with Gasteiger partial charge < -0.3 is 15.0 Å². The summed E-state index contributed by atoms with van der Waals surface area (Å²) >= 11 is 0. The van der Waals surface area contributed by atoms with E-state index < -0.39 is 0 Å². The Hall–Kier alpha value is -3.27. The lowest BCUT2D eigenvalue weighted by atomic mass is 9.88. The molecule has 0 unspecified atom stereocenters. The number of nitrogens with one attached hydrogen (secondary N) is 1. The highest BCUT2D eigenvalue weighted by molar-refractivity contribution is 5.92. The number of hydrogen-bond acceptors (Lipinski definition) is 2. The second kappa shape index (κ2) is 8.00. The van der Waals surface area contributed by atoms with Crippen LogP contribution in [0, 0.1) is 13.8 Å². The van der Waals surface area contributed by atoms with Crippen LogP contribution in [-0.4, -0.2) is 24.6 Å². The maximum Gasteiger partial charge on any atom is 0.322 e. The van der Waals surface area contributed by atoms with E-state index in [1.807, 2.05) is 36.1 Å². The number of methoxy groups -OCH3 is 1. The fraction of sp³-hybridized carbons (Fsp3) is 0.240. The van der Waals surface area contributed by atoms with Gasteiger partial charge >= 0.3 is 6.03 Å². The predicted octanol–water partition coefficient (Wildman–Crippen LogP) is 5.49. The molecule has 0 aliphatic carbocycles. The first kappa shape index (κ1) is 19.1. The van der Waals surface area contributed by atoms with E-state index >= 15 is 0 Å². The van der Waals surface area contributed by atoms with Crippen molar-refractivity contribution in [1.82, 2.24) is 4.90 Å². The summed E-state index contributed by atoms with van der Waals surface area (Å²) in [7, 11) is 1.62. The summed E-state index contributed by atoms with van der Waals surface area (Å²) < 4.78 is 5.44. The van der Waals surface area contributed by atoms with E-state index in [1.54, 1.807) is 7.11 Å². The van der Waals surface area contributed by atoms with Crippen molar-refractivity contribution in [3.05, 3.63) is 94.5 Å². The quantitative estimate of drug-likeness (QED) is 0.646. The molecule has 4 heteroatoms. The number of benzene rings is 3. The van der Waals surface area contributed by atoms with Gasteiger partial charge in [0.15, 0.2) is 0 Å². The van der Waals surface area contributed by atoms with Crippen LogP contribution < -0.4 is 10.1 Å². The highest BCUT2D eigenvalue weighted by atomic mass is 16.5. The molecule has 4 nitrogen and oxygen atoms in total. The first-order valence-corrected chi connectivity index (χ1v) is 9.93. The molecule has 3 aromatic rings. The number of anilines is 1. The first-order valence-electron chi connectivity index (χ1n) is 9.93. The average Bonchev–Trinajstić information content (AvgIpc) is 2.74. The van der Waals surface area contributed by atoms with Gasteiger partial charge in [-0.3, -0.25) is 0 Å². The first-order chi connectivity index (χ1) is 14.1. The summed E-state index contributed by atoms with van der Waals surface area (Å²) in [4.78, 5) is 15.3. The molecular formula is C25H26N2O2. The predicted molar refractivity (Wildman–Crippen MR) is 117 cm³/mol. The van der Waals surface area contributed by atoms with Gasteiger partial charge in [0.25, 0.3) is 0 Å². The molecule has 4 rings (SSSR count). The number of aryl methyl sites for hydroxylation is 2. The van der Waals surface area contributed by atoms with Crippen molar-refractivity contribution >= 4 is 11.7 Å². The van der Waals surface area contributed by atoms with Crippen LogP contribution in [0.1, 0.15) is 33.9 Å². The number of amides is 2. The number of hydrogen-bond donors (Lipinski definition) is 1. The molecule has 0 spiro atoms. The molecule has 0 saturated carbocycles. The monoisotopic (exact) mass is 386 g/mol. The SMILES string of the molecule is COc1ccc(C)cc1NC(=O)N1CCc2ccccc2[C@H]1c1ccc(C)cc1. The van der Waals surface area contributed by atoms with Crippen LogP contribution in [0.25, 0.3) is 0 Å². The van der Waals surface area contributed by atoms with Gasteiger partial charge in [0.2, 0.25) is 0 Å². The Balaban J connectivity index is 1.71. The molecule has 0 aromatic heterocycles. The van der Waals surface area contributed by atoms with Gasteiger partial charge in [-0.05, 0) is 54.7 Å². The zero-order valence-electron chi connectivity index (χ0n) is 17.1. The van der Waals surface area contributed by atoms with Crippen molar-refractivity contribution in [2.24, 2.45) is 0 Å². The summed E-state index contributed by atoms with van der Waals surface area (Å²) in [6.45, 7) is 4.74. The lowest BCUT2D eigenvalue weighted by Crippen LogP contribution is -2.43. The molecule has 3 aromatic carbocycles. The van der Waals surface area contributed by atoms with E-state index in [1.165, 1.54) is 16.7 Å². The molecular weight excluding hydrogens is 360 g/mol. The third kappa shape index (κ3) is 3.83. The molecule has 1 aliphatic heterocycles. The number of urea groups is 1. The van der Waals surface area contributed by atoms with Gasteiger partial charge in [-0.25, -0.2) is 4.79 Å². The summed E-state index contributed by atoms with van der Waals surface area (Å²) in [5.74, 6) is 0.660. The molecule has 29 heavy (non-hydrogen) atoms. The van der Waals surface area contributed by atoms with E-state index in [0.29, 0.717) is 18.0 Å². The molecule has 1 heterocycles. The Morgan fingerprint density at radius 1 is 1.00 bits per heavy atom. The molecule has 1 atom stereocenters. The van der Waals surface area contributed by atoms with Crippen LogP contribution >= 0.6 is 0 Å². The Morgan fingerprint density at radius 2 is 1.72 bits per heavy atom. The molecule has 0 bridgehead atoms. The van der Waals surface area contributed by atoms with Gasteiger partial charge in [0.05, 0.1) is 18.8 Å². The molecule has 148 valence electrons. The van der Waals surface area contributed by atoms with Crippen LogP contribution in [0.4, 0.5) is 10.5 Å². The highest BCUT2D eigenvalue weighted by Crippen LogP contribution is 2.36. The molecule has 2 amide bonds. The Morgan fingerprint density at radius 3 is 2.48 bits per heavy atom. The van der Waals surface area contributed by atoms with Gasteiger partial charge in [0.1, 0.15) is 5.75 Å². The number of carbonyl (C=O) groups is 1. The minimum Gasteiger partial charge on any atom is -0.495 e. The second-order valence-electron chi connectivity index (χ2n) is 7.59. The largest absolute Gasteiger partial charge is 0.495 e. The van der Waals surface area contributed by atoms with Crippen molar-refractivity contribution in [2.45, 2.75) is 26.3 Å². The van der Waals surface area contributed by atoms with E-state index in [2.05, 4.69) is 54.7 Å². The Labute approximate surface area is 172 Å². The van der Waals surface area contributed by atoms with Gasteiger partial charge in [-0.1, -0.05) is 60.2 Å². The smallest absolute Gasteiger partial charge is 0.322 e. The third-order valence-corrected chi connectivity index (χ3v) is 5.53. The van der Waals surface area contributed by atoms with Crippen LogP contribution in [0.5, 0.6) is 5.75 Å². The van der Waals surface area contributed by atoms with Crippen molar-refractivity contribution in [1.29, 1.82) is 0 Å². The zero-order valence-corrected chi connectivity index (χ0v) is 17.1. The van der Waals surface area contributed by atoms with Gasteiger partial charge in [-0.2, -0.15) is 0 Å². The van der Waals surface area contributed by atoms with Crippen LogP contribution in [0.3, 0.4) is 0 Å². The van der Waals surface area contributed by atoms with E-state index in [0.717, 1.165) is 17.5 Å². The Bertz CT molecular complexity index is 1030. The van der Waals surface area contributed by atoms with Crippen molar-refractivity contribution in [2.75, 3.05) is 19.0 Å². The average molecular weight is 386 g/mol. The topological polar surface area (TPSA) is 41.6 Å². The number of fused-ring (bicyclic) bond motifs is 1. The third-order valence-electron chi connectivity index (χ3n) is 5.53. The maximum atomic E-state index is 13.4. The fourth-order valence-corrected chi connectivity index (χ4v) is 4.00. The minimum absolute atomic E-state index is 0.114. The molecule has 0 saturated heterocycles. The van der Waals surface area contributed by atoms with Crippen LogP contribution in [-0.2, 0) is 6.42 Å². The lowest BCUT2D eigenvalue weighted by molar-refractivity contribution is 0.194. The van der Waals surface area contributed by atoms with Crippen molar-refractivity contribution < 1.29 is 9.53 Å². The van der Waals surface area contributed by atoms with Crippen LogP contribution in [0.2, 0.25) is 0 Å². The molecule has 1 N–H and O–H groups in total. The van der Waals surface area contributed by atoms with Crippen molar-refractivity contribution in [3.63, 3.8) is 0 Å². The maximum absolute atomic E-state index is 13.4. The summed E-state index contributed by atoms with van der Waals surface area (Å²) in [5, 5.41) is 3.08. The van der Waals surface area contributed by atoms with Gasteiger partial charge in [0, 0.05) is 6.54 Å². The molecule has 0 radical (unpaired) electrons. The van der Waals surface area contributed by atoms with E-state index in [-0.39, 0.29) is 12.1 Å². The van der Waals surface area contributed by atoms with E-state index in [4.69, 9.17) is 4.74 Å². The van der Waals surface area contributed by atoms with Gasteiger partial charge in [-0.15, -0.1) is 0 Å². The Kier molecular flexibility index (Phi) is 5.26. The molecule has 1 aliphatic rings. The van der Waals surface area contributed by atoms with Crippen LogP contribution in [0.15, 0.2) is 66.7 Å². The number of ether oxygens (including phenoxy) is 1. The lowest BCUT2D eigenvalue weighted by Gasteiger charge is -2.37. The van der Waals surface area contributed by atoms with Crippen molar-refractivity contribution in [3.8, 4) is 5.75 Å². The second-order valence-corrected chi connectivity index (χ2v) is 7.59. The van der Waals surface area contributed by atoms with E-state index in [9.17, 15) is 4.79 Å². The number of nitrogens with zero attached hydrogens (tertiary/aromatic N) is 1. The number of rotatable bonds is 3. The normalized spacial score (nSPS) is 15.6. The minimum atomic E-state index is -0.117.